The van der Waals surface area contributed by atoms with Crippen LogP contribution in [0.25, 0.3) is 22.2 Å². The minimum atomic E-state index is 0.559. The number of piperidine rings is 1. The molecule has 0 unspecified atom stereocenters. The van der Waals surface area contributed by atoms with E-state index in [0.717, 1.165) is 65.2 Å². The van der Waals surface area contributed by atoms with E-state index in [9.17, 15) is 0 Å². The van der Waals surface area contributed by atoms with Crippen molar-refractivity contribution in [2.24, 2.45) is 12.0 Å². The van der Waals surface area contributed by atoms with E-state index in [-0.39, 0.29) is 0 Å². The molecule has 0 saturated carbocycles. The number of amidine groups is 1. The quantitative estimate of drug-likeness (QED) is 0.560. The zero-order chi connectivity index (χ0) is 19.7. The van der Waals surface area contributed by atoms with Crippen molar-refractivity contribution in [3.05, 3.63) is 42.2 Å². The molecule has 3 heterocycles. The highest BCUT2D eigenvalue weighted by Gasteiger charge is 2.18. The van der Waals surface area contributed by atoms with E-state index in [1.807, 2.05) is 30.2 Å². The van der Waals surface area contributed by atoms with Gasteiger partial charge in [-0.05, 0) is 63.5 Å². The normalized spacial score (nSPS) is 15.9. The summed E-state index contributed by atoms with van der Waals surface area (Å²) in [6.45, 7) is 6.35. The zero-order valence-corrected chi connectivity index (χ0v) is 17.1. The lowest BCUT2D eigenvalue weighted by Crippen LogP contribution is -2.43. The van der Waals surface area contributed by atoms with Crippen molar-refractivity contribution in [1.29, 1.82) is 0 Å². The number of hydrogen-bond donors (Lipinski definition) is 1. The van der Waals surface area contributed by atoms with Crippen LogP contribution in [0.2, 0.25) is 0 Å². The predicted octanol–water partition coefficient (Wildman–Crippen LogP) is 3.68. The maximum absolute atomic E-state index is 4.87. The van der Waals surface area contributed by atoms with Crippen molar-refractivity contribution in [1.82, 2.24) is 25.0 Å². The van der Waals surface area contributed by atoms with Gasteiger partial charge in [0.25, 0.3) is 0 Å². The Bertz CT molecular complexity index is 1010. The van der Waals surface area contributed by atoms with E-state index in [0.29, 0.717) is 6.04 Å². The summed E-state index contributed by atoms with van der Waals surface area (Å²) in [5.41, 5.74) is 5.13. The Balaban J connectivity index is 1.58. The highest BCUT2D eigenvalue weighted by molar-refractivity contribution is 5.85. The summed E-state index contributed by atoms with van der Waals surface area (Å²) in [4.78, 5) is 11.9. The lowest BCUT2D eigenvalue weighted by molar-refractivity contribution is 0.288. The van der Waals surface area contributed by atoms with Gasteiger partial charge in [0.15, 0.2) is 0 Å². The van der Waals surface area contributed by atoms with Gasteiger partial charge in [0.05, 0.1) is 23.1 Å². The summed E-state index contributed by atoms with van der Waals surface area (Å²) >= 11 is 0. The molecule has 3 aromatic rings. The Labute approximate surface area is 166 Å². The van der Waals surface area contributed by atoms with E-state index < -0.39 is 0 Å². The highest BCUT2D eigenvalue weighted by Crippen LogP contribution is 2.27. The van der Waals surface area contributed by atoms with Gasteiger partial charge < -0.3 is 10.2 Å². The number of fused-ring (bicyclic) bond motifs is 1. The molecule has 1 N–H and O–H groups in total. The van der Waals surface area contributed by atoms with Crippen molar-refractivity contribution >= 4 is 22.4 Å². The number of pyridine rings is 1. The van der Waals surface area contributed by atoms with Gasteiger partial charge in [-0.1, -0.05) is 6.07 Å². The molecule has 0 atom stereocenters. The number of hydrogen-bond acceptors (Lipinski definition) is 4. The number of aliphatic imine (C=N–C) groups is 1. The second kappa shape index (κ2) is 7.72. The van der Waals surface area contributed by atoms with Crippen LogP contribution in [0.1, 0.15) is 25.3 Å². The van der Waals surface area contributed by atoms with Crippen molar-refractivity contribution in [3.8, 4) is 11.3 Å². The van der Waals surface area contributed by atoms with Crippen molar-refractivity contribution in [3.63, 3.8) is 0 Å². The molecule has 4 rings (SSSR count). The van der Waals surface area contributed by atoms with E-state index in [2.05, 4.69) is 59.4 Å². The summed E-state index contributed by atoms with van der Waals surface area (Å²) in [6.07, 6.45) is 6.24. The smallest absolute Gasteiger partial charge is 0.102 e. The molecular weight excluding hydrogens is 348 g/mol. The fourth-order valence-electron chi connectivity index (χ4n) is 3.84. The predicted molar refractivity (Wildman–Crippen MR) is 115 cm³/mol. The second-order valence-corrected chi connectivity index (χ2v) is 7.68. The third-order valence-electron chi connectivity index (χ3n) is 5.65. The van der Waals surface area contributed by atoms with Crippen molar-refractivity contribution < 1.29 is 0 Å². The van der Waals surface area contributed by atoms with Crippen LogP contribution < -0.4 is 5.32 Å². The Kier molecular flexibility index (Phi) is 5.13. The molecule has 1 fully saturated rings. The summed E-state index contributed by atoms with van der Waals surface area (Å²) < 4.78 is 1.84. The van der Waals surface area contributed by atoms with Crippen LogP contribution >= 0.6 is 0 Å². The number of rotatable bonds is 3. The van der Waals surface area contributed by atoms with Gasteiger partial charge in [-0.25, -0.2) is 4.99 Å². The van der Waals surface area contributed by atoms with Crippen molar-refractivity contribution in [2.75, 3.05) is 20.1 Å². The first-order valence-electron chi connectivity index (χ1n) is 9.90. The molecule has 0 amide bonds. The van der Waals surface area contributed by atoms with Gasteiger partial charge in [0.1, 0.15) is 5.84 Å². The number of benzene rings is 1. The fraction of sp³-hybridized carbons (Fsp3) is 0.409. The molecule has 0 aliphatic carbocycles. The molecule has 1 saturated heterocycles. The first-order valence-corrected chi connectivity index (χ1v) is 9.90. The Hall–Kier alpha value is -2.73. The van der Waals surface area contributed by atoms with E-state index in [1.165, 1.54) is 0 Å². The monoisotopic (exact) mass is 376 g/mol. The van der Waals surface area contributed by atoms with E-state index >= 15 is 0 Å². The van der Waals surface area contributed by atoms with Crippen LogP contribution in [0.4, 0.5) is 5.69 Å². The van der Waals surface area contributed by atoms with Crippen molar-refractivity contribution in [2.45, 2.75) is 32.7 Å². The van der Waals surface area contributed by atoms with Gasteiger partial charge in [-0.3, -0.25) is 9.67 Å². The molecule has 1 aliphatic rings. The molecule has 6 nitrogen and oxygen atoms in total. The van der Waals surface area contributed by atoms with E-state index in [1.54, 1.807) is 0 Å². The summed E-state index contributed by atoms with van der Waals surface area (Å²) in [7, 11) is 4.09. The first kappa shape index (κ1) is 18.6. The number of aromatic nitrogens is 3. The minimum Gasteiger partial charge on any atom is -0.360 e. The van der Waals surface area contributed by atoms with Gasteiger partial charge in [-0.15, -0.1) is 0 Å². The third kappa shape index (κ3) is 3.78. The molecule has 1 aromatic carbocycles. The molecule has 0 radical (unpaired) electrons. The Morgan fingerprint density at radius 2 is 2.04 bits per heavy atom. The largest absolute Gasteiger partial charge is 0.360 e. The van der Waals surface area contributed by atoms with Crippen LogP contribution in [-0.2, 0) is 7.05 Å². The van der Waals surface area contributed by atoms with Crippen LogP contribution in [0.3, 0.4) is 0 Å². The molecule has 146 valence electrons. The molecule has 28 heavy (non-hydrogen) atoms. The highest BCUT2D eigenvalue weighted by atomic mass is 15.2. The maximum atomic E-state index is 4.87. The fourth-order valence-corrected chi connectivity index (χ4v) is 3.84. The lowest BCUT2D eigenvalue weighted by atomic mass is 10.1. The standard InChI is InChI=1S/C22H28N6/c1-15-11-21(17-5-6-20-18(12-17)14-27(3)26-20)24-13-22(15)25-16(2)28(4)19-7-9-23-10-8-19/h5-6,11-14,19,23H,7-10H2,1-4H3. The van der Waals surface area contributed by atoms with Gasteiger partial charge in [-0.2, -0.15) is 5.10 Å². The average Bonchev–Trinajstić information content (AvgIpc) is 3.08. The molecule has 0 bridgehead atoms. The second-order valence-electron chi connectivity index (χ2n) is 7.68. The van der Waals surface area contributed by atoms with E-state index in [4.69, 9.17) is 4.99 Å². The third-order valence-corrected chi connectivity index (χ3v) is 5.65. The van der Waals surface area contributed by atoms with Crippen LogP contribution in [-0.4, -0.2) is 51.7 Å². The summed E-state index contributed by atoms with van der Waals surface area (Å²) in [5, 5.41) is 8.98. The van der Waals surface area contributed by atoms with Crippen LogP contribution in [0.15, 0.2) is 41.7 Å². The zero-order valence-electron chi connectivity index (χ0n) is 17.1. The Morgan fingerprint density at radius 1 is 1.25 bits per heavy atom. The van der Waals surface area contributed by atoms with Gasteiger partial charge in [0.2, 0.25) is 0 Å². The minimum absolute atomic E-state index is 0.559. The number of aryl methyl sites for hydroxylation is 2. The average molecular weight is 377 g/mol. The van der Waals surface area contributed by atoms with Crippen LogP contribution in [0, 0.1) is 6.92 Å². The molecule has 2 aromatic heterocycles. The number of nitrogens with one attached hydrogen (secondary N) is 1. The Morgan fingerprint density at radius 3 is 2.79 bits per heavy atom. The molecule has 0 spiro atoms. The number of nitrogens with zero attached hydrogens (tertiary/aromatic N) is 5. The molecular formula is C22H28N6. The first-order chi connectivity index (χ1) is 13.5. The van der Waals surface area contributed by atoms with Gasteiger partial charge >= 0.3 is 0 Å². The molecule has 6 heteroatoms. The molecule has 1 aliphatic heterocycles. The summed E-state index contributed by atoms with van der Waals surface area (Å²) in [5.74, 6) is 1.04. The lowest BCUT2D eigenvalue weighted by Gasteiger charge is -2.33. The van der Waals surface area contributed by atoms with Gasteiger partial charge in [0, 0.05) is 37.3 Å². The topological polar surface area (TPSA) is 58.3 Å². The SMILES string of the molecule is CC(=Nc1cnc(-c2ccc3nn(C)cc3c2)cc1C)N(C)C1CCNCC1. The van der Waals surface area contributed by atoms with Crippen LogP contribution in [0.5, 0.6) is 0 Å². The maximum Gasteiger partial charge on any atom is 0.102 e. The summed E-state index contributed by atoms with van der Waals surface area (Å²) in [6, 6.07) is 8.95.